The molecule has 2 amide bonds. The number of carbonyl (C=O) groups is 2. The molecule has 1 aliphatic heterocycles. The van der Waals surface area contributed by atoms with E-state index in [4.69, 9.17) is 17.0 Å². The molecule has 5 rings (SSSR count). The number of hydrogen-bond acceptors (Lipinski definition) is 4. The van der Waals surface area contributed by atoms with Crippen LogP contribution in [0.3, 0.4) is 0 Å². The number of halogens is 1. The van der Waals surface area contributed by atoms with Crippen LogP contribution in [-0.4, -0.2) is 16.9 Å². The van der Waals surface area contributed by atoms with Crippen LogP contribution in [-0.2, 0) is 9.59 Å². The van der Waals surface area contributed by atoms with Crippen LogP contribution in [0, 0.1) is 5.82 Å². The standard InChI is InChI=1S/C29H19FN2O3S/c30-26-9-5-4-8-24(26)20-12-10-19(11-13-20)18-25-27(33)31-29(36)32(28(25)34)21-14-16-23(17-15-21)35-22-6-2-1-3-7-22/h1-18H,(H,31,33,36)/b25-18+. The van der Waals surface area contributed by atoms with Crippen molar-refractivity contribution in [1.29, 1.82) is 0 Å². The quantitative estimate of drug-likeness (QED) is 0.206. The van der Waals surface area contributed by atoms with Gasteiger partial charge < -0.3 is 4.74 Å². The third-order valence-electron chi connectivity index (χ3n) is 5.58. The summed E-state index contributed by atoms with van der Waals surface area (Å²) in [4.78, 5) is 27.2. The Labute approximate surface area is 212 Å². The molecule has 5 nitrogen and oxygen atoms in total. The Balaban J connectivity index is 1.38. The van der Waals surface area contributed by atoms with Gasteiger partial charge in [0, 0.05) is 5.56 Å². The van der Waals surface area contributed by atoms with Crippen molar-refractivity contribution in [3.8, 4) is 22.6 Å². The average molecular weight is 495 g/mol. The number of benzene rings is 4. The van der Waals surface area contributed by atoms with Gasteiger partial charge in [0.2, 0.25) is 0 Å². The molecule has 0 unspecified atom stereocenters. The van der Waals surface area contributed by atoms with Crippen LogP contribution < -0.4 is 15.0 Å². The van der Waals surface area contributed by atoms with Gasteiger partial charge in [0.1, 0.15) is 22.9 Å². The van der Waals surface area contributed by atoms with E-state index in [1.807, 2.05) is 30.3 Å². The van der Waals surface area contributed by atoms with E-state index in [1.165, 1.54) is 17.0 Å². The Kier molecular flexibility index (Phi) is 6.38. The molecule has 4 aromatic rings. The van der Waals surface area contributed by atoms with Crippen molar-refractivity contribution in [3.63, 3.8) is 0 Å². The van der Waals surface area contributed by atoms with Crippen LogP contribution in [0.5, 0.6) is 11.5 Å². The fourth-order valence-electron chi connectivity index (χ4n) is 3.80. The van der Waals surface area contributed by atoms with Crippen LogP contribution >= 0.6 is 12.2 Å². The predicted octanol–water partition coefficient (Wildman–Crippen LogP) is 6.12. The summed E-state index contributed by atoms with van der Waals surface area (Å²) in [5, 5.41) is 2.57. The summed E-state index contributed by atoms with van der Waals surface area (Å²) in [6.45, 7) is 0. The summed E-state index contributed by atoms with van der Waals surface area (Å²) in [6.07, 6.45) is 1.49. The lowest BCUT2D eigenvalue weighted by molar-refractivity contribution is -0.122. The monoisotopic (exact) mass is 494 g/mol. The number of para-hydroxylation sites is 1. The lowest BCUT2D eigenvalue weighted by Gasteiger charge is -2.29. The maximum atomic E-state index is 14.1. The van der Waals surface area contributed by atoms with Gasteiger partial charge in [0.15, 0.2) is 5.11 Å². The maximum Gasteiger partial charge on any atom is 0.270 e. The van der Waals surface area contributed by atoms with Gasteiger partial charge in [-0.1, -0.05) is 60.7 Å². The number of carbonyl (C=O) groups excluding carboxylic acids is 2. The number of rotatable bonds is 5. The molecule has 1 fully saturated rings. The number of nitrogens with zero attached hydrogens (tertiary/aromatic N) is 1. The maximum absolute atomic E-state index is 14.1. The Morgan fingerprint density at radius 3 is 2.11 bits per heavy atom. The van der Waals surface area contributed by atoms with E-state index in [-0.39, 0.29) is 16.5 Å². The SMILES string of the molecule is O=C1NC(=S)N(c2ccc(Oc3ccccc3)cc2)C(=O)/C1=C/c1ccc(-c2ccccc2F)cc1. The van der Waals surface area contributed by atoms with E-state index >= 15 is 0 Å². The first-order valence-corrected chi connectivity index (χ1v) is 11.5. The fourth-order valence-corrected chi connectivity index (χ4v) is 4.08. The molecule has 0 radical (unpaired) electrons. The lowest BCUT2D eigenvalue weighted by Crippen LogP contribution is -2.54. The second kappa shape index (κ2) is 9.93. The number of nitrogens with one attached hydrogen (secondary N) is 1. The second-order valence-corrected chi connectivity index (χ2v) is 8.36. The van der Waals surface area contributed by atoms with Crippen LogP contribution in [0.4, 0.5) is 10.1 Å². The highest BCUT2D eigenvalue weighted by Crippen LogP contribution is 2.28. The summed E-state index contributed by atoms with van der Waals surface area (Å²) in [7, 11) is 0. The first kappa shape index (κ1) is 23.1. The number of amides is 2. The van der Waals surface area contributed by atoms with E-state index in [2.05, 4.69) is 5.32 Å². The van der Waals surface area contributed by atoms with Gasteiger partial charge in [-0.2, -0.15) is 0 Å². The van der Waals surface area contributed by atoms with Crippen molar-refractivity contribution >= 4 is 40.9 Å². The first-order valence-electron chi connectivity index (χ1n) is 11.1. The minimum atomic E-state index is -0.580. The number of anilines is 1. The molecule has 1 heterocycles. The predicted molar refractivity (Wildman–Crippen MR) is 141 cm³/mol. The van der Waals surface area contributed by atoms with Crippen molar-refractivity contribution in [2.45, 2.75) is 0 Å². The lowest BCUT2D eigenvalue weighted by atomic mass is 10.0. The zero-order chi connectivity index (χ0) is 25.1. The zero-order valence-corrected chi connectivity index (χ0v) is 19.7. The smallest absolute Gasteiger partial charge is 0.270 e. The molecule has 0 atom stereocenters. The molecule has 1 N–H and O–H groups in total. The largest absolute Gasteiger partial charge is 0.457 e. The molecular weight excluding hydrogens is 475 g/mol. The van der Waals surface area contributed by atoms with Crippen molar-refractivity contribution in [2.24, 2.45) is 0 Å². The summed E-state index contributed by atoms with van der Waals surface area (Å²) >= 11 is 5.28. The molecule has 0 saturated carbocycles. The molecule has 4 aromatic carbocycles. The number of hydrogen-bond donors (Lipinski definition) is 1. The van der Waals surface area contributed by atoms with Crippen molar-refractivity contribution in [1.82, 2.24) is 5.32 Å². The first-order chi connectivity index (χ1) is 17.5. The summed E-state index contributed by atoms with van der Waals surface area (Å²) in [5.41, 5.74) is 2.21. The van der Waals surface area contributed by atoms with E-state index in [0.29, 0.717) is 33.9 Å². The number of thiocarbonyl (C=S) groups is 1. The van der Waals surface area contributed by atoms with Crippen molar-refractivity contribution in [2.75, 3.05) is 4.90 Å². The van der Waals surface area contributed by atoms with E-state index in [0.717, 1.165) is 0 Å². The Hall–Kier alpha value is -4.62. The molecule has 0 spiro atoms. The van der Waals surface area contributed by atoms with Gasteiger partial charge in [-0.25, -0.2) is 4.39 Å². The minimum Gasteiger partial charge on any atom is -0.457 e. The molecule has 176 valence electrons. The highest BCUT2D eigenvalue weighted by Gasteiger charge is 2.34. The third-order valence-corrected chi connectivity index (χ3v) is 5.87. The van der Waals surface area contributed by atoms with Gasteiger partial charge >= 0.3 is 0 Å². The van der Waals surface area contributed by atoms with Gasteiger partial charge in [-0.3, -0.25) is 19.8 Å². The molecule has 7 heteroatoms. The van der Waals surface area contributed by atoms with Crippen molar-refractivity contribution in [3.05, 3.63) is 120 Å². The minimum absolute atomic E-state index is 0.00576. The normalized spacial score (nSPS) is 14.6. The topological polar surface area (TPSA) is 58.6 Å². The Bertz CT molecular complexity index is 1480. The summed E-state index contributed by atoms with van der Waals surface area (Å²) in [6, 6.07) is 29.6. The highest BCUT2D eigenvalue weighted by molar-refractivity contribution is 7.80. The average Bonchev–Trinajstić information content (AvgIpc) is 2.89. The number of ether oxygens (including phenoxy) is 1. The molecule has 1 aliphatic rings. The van der Waals surface area contributed by atoms with E-state index < -0.39 is 11.8 Å². The van der Waals surface area contributed by atoms with Crippen molar-refractivity contribution < 1.29 is 18.7 Å². The highest BCUT2D eigenvalue weighted by atomic mass is 32.1. The molecule has 36 heavy (non-hydrogen) atoms. The zero-order valence-electron chi connectivity index (χ0n) is 18.9. The van der Waals surface area contributed by atoms with Gasteiger partial charge in [0.25, 0.3) is 11.8 Å². The molecule has 0 aromatic heterocycles. The summed E-state index contributed by atoms with van der Waals surface area (Å²) < 4.78 is 19.9. The van der Waals surface area contributed by atoms with E-state index in [9.17, 15) is 14.0 Å². The van der Waals surface area contributed by atoms with Gasteiger partial charge in [-0.05, 0) is 71.9 Å². The second-order valence-electron chi connectivity index (χ2n) is 7.97. The Morgan fingerprint density at radius 2 is 1.42 bits per heavy atom. The van der Waals surface area contributed by atoms with Gasteiger partial charge in [0.05, 0.1) is 5.69 Å². The van der Waals surface area contributed by atoms with Crippen LogP contribution in [0.2, 0.25) is 0 Å². The molecule has 0 aliphatic carbocycles. The Morgan fingerprint density at radius 1 is 0.778 bits per heavy atom. The van der Waals surface area contributed by atoms with Gasteiger partial charge in [-0.15, -0.1) is 0 Å². The van der Waals surface area contributed by atoms with Crippen LogP contribution in [0.1, 0.15) is 5.56 Å². The molecular formula is C29H19FN2O3S. The van der Waals surface area contributed by atoms with Crippen LogP contribution in [0.25, 0.3) is 17.2 Å². The van der Waals surface area contributed by atoms with Crippen LogP contribution in [0.15, 0.2) is 109 Å². The fraction of sp³-hybridized carbons (Fsp3) is 0. The third kappa shape index (κ3) is 4.78. The summed E-state index contributed by atoms with van der Waals surface area (Å²) in [5.74, 6) is -0.166. The molecule has 0 bridgehead atoms. The van der Waals surface area contributed by atoms with E-state index in [1.54, 1.807) is 66.7 Å². The molecule has 1 saturated heterocycles.